The van der Waals surface area contributed by atoms with Crippen LogP contribution < -0.4 is 10.6 Å². The van der Waals surface area contributed by atoms with Gasteiger partial charge < -0.3 is 10.6 Å². The standard InChI is InChI=1S/C15H20N4O2S/c1-10(2)6-7-16-14(20)11-9-13(19(3)18-11)17-15(21)12-5-4-8-22-12/h4-5,8-10H,6-7H2,1-3H3,(H,16,20)(H,17,21). The summed E-state index contributed by atoms with van der Waals surface area (Å²) >= 11 is 1.36. The zero-order valence-electron chi connectivity index (χ0n) is 12.9. The number of thiophene rings is 1. The Bertz CT molecular complexity index is 647. The predicted octanol–water partition coefficient (Wildman–Crippen LogP) is 2.51. The van der Waals surface area contributed by atoms with Gasteiger partial charge in [0.05, 0.1) is 4.88 Å². The minimum atomic E-state index is -0.229. The van der Waals surface area contributed by atoms with Gasteiger partial charge in [0.2, 0.25) is 0 Å². The molecule has 0 fully saturated rings. The maximum atomic E-state index is 12.0. The molecule has 0 aliphatic carbocycles. The third-order valence-corrected chi connectivity index (χ3v) is 3.97. The van der Waals surface area contributed by atoms with Crippen LogP contribution in [0.3, 0.4) is 0 Å². The van der Waals surface area contributed by atoms with Crippen molar-refractivity contribution in [3.05, 3.63) is 34.2 Å². The maximum absolute atomic E-state index is 12.0. The fourth-order valence-corrected chi connectivity index (χ4v) is 2.46. The quantitative estimate of drug-likeness (QED) is 0.858. The van der Waals surface area contributed by atoms with Gasteiger partial charge >= 0.3 is 0 Å². The highest BCUT2D eigenvalue weighted by molar-refractivity contribution is 7.12. The van der Waals surface area contributed by atoms with Crippen LogP contribution in [-0.2, 0) is 7.05 Å². The van der Waals surface area contributed by atoms with Crippen molar-refractivity contribution in [1.82, 2.24) is 15.1 Å². The molecule has 0 atom stereocenters. The monoisotopic (exact) mass is 320 g/mol. The molecule has 2 aromatic heterocycles. The van der Waals surface area contributed by atoms with Crippen LogP contribution in [0.15, 0.2) is 23.6 Å². The van der Waals surface area contributed by atoms with Crippen molar-refractivity contribution in [3.8, 4) is 0 Å². The molecule has 0 aromatic carbocycles. The second-order valence-electron chi connectivity index (χ2n) is 5.41. The number of anilines is 1. The van der Waals surface area contributed by atoms with Crippen LogP contribution >= 0.6 is 11.3 Å². The molecule has 118 valence electrons. The van der Waals surface area contributed by atoms with Gasteiger partial charge in [-0.1, -0.05) is 19.9 Å². The van der Waals surface area contributed by atoms with Gasteiger partial charge in [-0.3, -0.25) is 14.3 Å². The molecular weight excluding hydrogens is 300 g/mol. The van der Waals surface area contributed by atoms with E-state index in [2.05, 4.69) is 29.6 Å². The van der Waals surface area contributed by atoms with E-state index in [0.717, 1.165) is 6.42 Å². The van der Waals surface area contributed by atoms with Gasteiger partial charge in [-0.2, -0.15) is 5.10 Å². The number of aromatic nitrogens is 2. The number of hydrogen-bond donors (Lipinski definition) is 2. The molecule has 2 N–H and O–H groups in total. The molecule has 0 aliphatic heterocycles. The van der Waals surface area contributed by atoms with Gasteiger partial charge in [-0.25, -0.2) is 0 Å². The molecule has 0 bridgehead atoms. The number of rotatable bonds is 6. The summed E-state index contributed by atoms with van der Waals surface area (Å²) in [5, 5.41) is 11.6. The van der Waals surface area contributed by atoms with E-state index < -0.39 is 0 Å². The van der Waals surface area contributed by atoms with Gasteiger partial charge in [0.15, 0.2) is 5.69 Å². The Kier molecular flexibility index (Phi) is 5.32. The second-order valence-corrected chi connectivity index (χ2v) is 6.36. The van der Waals surface area contributed by atoms with Crippen molar-refractivity contribution in [2.24, 2.45) is 13.0 Å². The molecule has 2 aromatic rings. The first kappa shape index (κ1) is 16.2. The average Bonchev–Trinajstić information content (AvgIpc) is 3.09. The third-order valence-electron chi connectivity index (χ3n) is 3.11. The molecule has 0 aliphatic rings. The molecular formula is C15H20N4O2S. The second kappa shape index (κ2) is 7.22. The SMILES string of the molecule is CC(C)CCNC(=O)c1cc(NC(=O)c2cccs2)n(C)n1. The third kappa shape index (κ3) is 4.17. The van der Waals surface area contributed by atoms with E-state index in [4.69, 9.17) is 0 Å². The number of aryl methyl sites for hydroxylation is 1. The smallest absolute Gasteiger partial charge is 0.271 e. The van der Waals surface area contributed by atoms with E-state index >= 15 is 0 Å². The first-order valence-corrected chi connectivity index (χ1v) is 8.02. The van der Waals surface area contributed by atoms with Gasteiger partial charge in [0.25, 0.3) is 11.8 Å². The molecule has 2 amide bonds. The summed E-state index contributed by atoms with van der Waals surface area (Å²) in [6.45, 7) is 4.82. The summed E-state index contributed by atoms with van der Waals surface area (Å²) < 4.78 is 1.49. The fourth-order valence-electron chi connectivity index (χ4n) is 1.85. The molecule has 2 heterocycles. The van der Waals surface area contributed by atoms with Crippen molar-refractivity contribution in [2.75, 3.05) is 11.9 Å². The van der Waals surface area contributed by atoms with E-state index in [1.807, 2.05) is 11.4 Å². The van der Waals surface area contributed by atoms with Crippen molar-refractivity contribution in [1.29, 1.82) is 0 Å². The lowest BCUT2D eigenvalue weighted by molar-refractivity contribution is 0.0945. The topological polar surface area (TPSA) is 76.0 Å². The van der Waals surface area contributed by atoms with E-state index in [1.54, 1.807) is 19.2 Å². The molecule has 0 spiro atoms. The summed E-state index contributed by atoms with van der Waals surface area (Å²) in [7, 11) is 1.69. The summed E-state index contributed by atoms with van der Waals surface area (Å²) in [4.78, 5) is 24.6. The van der Waals surface area contributed by atoms with Crippen LogP contribution in [0.2, 0.25) is 0 Å². The van der Waals surface area contributed by atoms with Crippen LogP contribution in [0.25, 0.3) is 0 Å². The number of carbonyl (C=O) groups excluding carboxylic acids is 2. The summed E-state index contributed by atoms with van der Waals surface area (Å²) in [6.07, 6.45) is 0.917. The average molecular weight is 320 g/mol. The van der Waals surface area contributed by atoms with Crippen LogP contribution in [0.5, 0.6) is 0 Å². The Morgan fingerprint density at radius 3 is 2.77 bits per heavy atom. The maximum Gasteiger partial charge on any atom is 0.271 e. The van der Waals surface area contributed by atoms with Crippen molar-refractivity contribution in [3.63, 3.8) is 0 Å². The zero-order valence-corrected chi connectivity index (χ0v) is 13.7. The molecule has 0 saturated carbocycles. The number of nitrogens with one attached hydrogen (secondary N) is 2. The molecule has 22 heavy (non-hydrogen) atoms. The van der Waals surface area contributed by atoms with Crippen LogP contribution in [0.1, 0.15) is 40.4 Å². The number of carbonyl (C=O) groups is 2. The van der Waals surface area contributed by atoms with E-state index in [0.29, 0.717) is 28.9 Å². The zero-order chi connectivity index (χ0) is 16.1. The minimum absolute atomic E-state index is 0.204. The summed E-state index contributed by atoms with van der Waals surface area (Å²) in [5.74, 6) is 0.592. The fraction of sp³-hybridized carbons (Fsp3) is 0.400. The minimum Gasteiger partial charge on any atom is -0.351 e. The molecule has 6 nitrogen and oxygen atoms in total. The summed E-state index contributed by atoms with van der Waals surface area (Å²) in [6, 6.07) is 5.14. The molecule has 2 rings (SSSR count). The highest BCUT2D eigenvalue weighted by Crippen LogP contribution is 2.14. The highest BCUT2D eigenvalue weighted by atomic mass is 32.1. The first-order valence-electron chi connectivity index (χ1n) is 7.14. The van der Waals surface area contributed by atoms with E-state index in [-0.39, 0.29) is 11.8 Å². The van der Waals surface area contributed by atoms with E-state index in [1.165, 1.54) is 16.0 Å². The lowest BCUT2D eigenvalue weighted by Gasteiger charge is -2.05. The summed E-state index contributed by atoms with van der Waals surface area (Å²) in [5.41, 5.74) is 0.299. The number of nitrogens with zero attached hydrogens (tertiary/aromatic N) is 2. The van der Waals surface area contributed by atoms with Gasteiger partial charge in [0, 0.05) is 19.7 Å². The van der Waals surface area contributed by atoms with Crippen LogP contribution in [-0.4, -0.2) is 28.1 Å². The van der Waals surface area contributed by atoms with Crippen molar-refractivity contribution in [2.45, 2.75) is 20.3 Å². The molecule has 0 unspecified atom stereocenters. The first-order chi connectivity index (χ1) is 10.5. The van der Waals surface area contributed by atoms with Gasteiger partial charge in [-0.15, -0.1) is 11.3 Å². The largest absolute Gasteiger partial charge is 0.351 e. The molecule has 7 heteroatoms. The number of hydrogen-bond acceptors (Lipinski definition) is 4. The van der Waals surface area contributed by atoms with Crippen LogP contribution in [0.4, 0.5) is 5.82 Å². The predicted molar refractivity (Wildman–Crippen MR) is 87.3 cm³/mol. The highest BCUT2D eigenvalue weighted by Gasteiger charge is 2.15. The Labute approximate surface area is 133 Å². The van der Waals surface area contributed by atoms with Gasteiger partial charge in [-0.05, 0) is 23.8 Å². The Morgan fingerprint density at radius 2 is 2.14 bits per heavy atom. The van der Waals surface area contributed by atoms with E-state index in [9.17, 15) is 9.59 Å². The Balaban J connectivity index is 1.98. The van der Waals surface area contributed by atoms with Crippen molar-refractivity contribution >= 4 is 29.0 Å². The molecule has 0 saturated heterocycles. The molecule has 0 radical (unpaired) electrons. The van der Waals surface area contributed by atoms with Gasteiger partial charge in [0.1, 0.15) is 5.82 Å². The van der Waals surface area contributed by atoms with Crippen molar-refractivity contribution < 1.29 is 9.59 Å². The number of amides is 2. The Morgan fingerprint density at radius 1 is 1.36 bits per heavy atom. The Hall–Kier alpha value is -2.15. The lowest BCUT2D eigenvalue weighted by Crippen LogP contribution is -2.25. The van der Waals surface area contributed by atoms with Crippen LogP contribution in [0, 0.1) is 5.92 Å². The normalized spacial score (nSPS) is 10.7. The lowest BCUT2D eigenvalue weighted by atomic mass is 10.1.